The third-order valence-corrected chi connectivity index (χ3v) is 24.5. The van der Waals surface area contributed by atoms with Crippen LogP contribution >= 0.6 is 68.0 Å². The zero-order valence-electron chi connectivity index (χ0n) is 49.1. The zero-order valence-corrected chi connectivity index (χ0v) is 54.0. The van der Waals surface area contributed by atoms with Crippen LogP contribution in [0.15, 0.2) is 102 Å². The predicted molar refractivity (Wildman–Crippen MR) is 358 cm³/mol. The molecular weight excluding hydrogens is 1300 g/mol. The summed E-state index contributed by atoms with van der Waals surface area (Å²) in [6.45, 7) is 7.03. The zero-order chi connectivity index (χ0) is 62.6. The molecule has 0 aliphatic carbocycles. The second-order valence-corrected chi connectivity index (χ2v) is 29.4. The van der Waals surface area contributed by atoms with Crippen LogP contribution in [0.2, 0.25) is 0 Å². The number of benzene rings is 3. The number of nitrogens with zero attached hydrogens (tertiary/aromatic N) is 8. The largest absolute Gasteiger partial charge is 0.379 e. The highest BCUT2D eigenvalue weighted by atomic mass is 32.1. The third-order valence-electron chi connectivity index (χ3n) is 18.8. The number of fused-ring (bicyclic) bond motifs is 6. The minimum Gasteiger partial charge on any atom is -0.379 e. The van der Waals surface area contributed by atoms with Gasteiger partial charge in [0.2, 0.25) is 0 Å². The molecule has 9 aromatic heterocycles. The monoisotopic (exact) mass is 1360 g/mol. The molecule has 15 heterocycles. The van der Waals surface area contributed by atoms with E-state index in [9.17, 15) is 26.3 Å². The molecule has 470 valence electrons. The van der Waals surface area contributed by atoms with Crippen LogP contribution in [0.25, 0.3) is 72.4 Å². The van der Waals surface area contributed by atoms with E-state index >= 15 is 0 Å². The molecule has 4 unspecified atom stereocenters. The number of thiophene rings is 3. The fourth-order valence-corrected chi connectivity index (χ4v) is 19.6. The Morgan fingerprint density at radius 2 is 1.02 bits per heavy atom. The summed E-state index contributed by atoms with van der Waals surface area (Å²) in [5, 5.41) is 15.0. The van der Waals surface area contributed by atoms with E-state index in [0.29, 0.717) is 50.3 Å². The highest BCUT2D eigenvalue weighted by molar-refractivity contribution is 7.20. The van der Waals surface area contributed by atoms with Crippen molar-refractivity contribution in [1.29, 1.82) is 0 Å². The van der Waals surface area contributed by atoms with Crippen molar-refractivity contribution < 1.29 is 40.6 Å². The van der Waals surface area contributed by atoms with E-state index in [-0.39, 0.29) is 50.2 Å². The fraction of sp³-hybridized carbons (Fsp3) is 0.292. The summed E-state index contributed by atoms with van der Waals surface area (Å²) in [5.41, 5.74) is 8.61. The van der Waals surface area contributed by atoms with Crippen molar-refractivity contribution in [3.8, 4) is 0 Å². The number of nitrogens with one attached hydrogen (secondary N) is 4. The quantitative estimate of drug-likeness (QED) is 0.101. The normalized spacial score (nSPS) is 22.3. The SMILES string of the molecule is CN1CC=C(c2cc3c(Nc4c(F)cc5scnc5c4F)ccnc3s2)C12CCOC2.CN1CCC(c2cc3c(Nc4c(F)cc5scnc5c4F)ccnc3s2)C12CCOC2.Fc1cc2scnc2c(F)c1Nc1ccnc2sc(C3=CCNC34CCOC4)cc12. The summed E-state index contributed by atoms with van der Waals surface area (Å²) in [7, 11) is 4.30. The number of likely N-dealkylation sites (N-methyl/N-ethyl adjacent to an activating group) is 2. The van der Waals surface area contributed by atoms with Crippen molar-refractivity contribution in [1.82, 2.24) is 45.0 Å². The number of thiazole rings is 3. The maximum Gasteiger partial charge on any atom is 0.176 e. The maximum absolute atomic E-state index is 15.0. The molecule has 92 heavy (non-hydrogen) atoms. The van der Waals surface area contributed by atoms with E-state index in [0.717, 1.165) is 112 Å². The van der Waals surface area contributed by atoms with Crippen molar-refractivity contribution in [2.75, 3.05) is 89.3 Å². The molecule has 0 bridgehead atoms. The minimum atomic E-state index is -0.684. The van der Waals surface area contributed by atoms with E-state index in [1.807, 2.05) is 6.07 Å². The van der Waals surface area contributed by atoms with Crippen LogP contribution in [-0.2, 0) is 14.2 Å². The van der Waals surface area contributed by atoms with Crippen molar-refractivity contribution in [2.45, 2.75) is 48.2 Å². The smallest absolute Gasteiger partial charge is 0.176 e. The van der Waals surface area contributed by atoms with Crippen molar-refractivity contribution in [2.24, 2.45) is 0 Å². The summed E-state index contributed by atoms with van der Waals surface area (Å²) in [6.07, 6.45) is 13.4. The number of anilines is 6. The number of ether oxygens (including phenoxy) is 3. The highest BCUT2D eigenvalue weighted by Crippen LogP contribution is 2.51. The molecule has 4 saturated heterocycles. The van der Waals surface area contributed by atoms with Gasteiger partial charge in [-0.15, -0.1) is 68.0 Å². The van der Waals surface area contributed by atoms with Gasteiger partial charge < -0.3 is 35.5 Å². The van der Waals surface area contributed by atoms with Crippen LogP contribution in [0, 0.1) is 34.9 Å². The van der Waals surface area contributed by atoms with Gasteiger partial charge in [0.15, 0.2) is 34.9 Å². The van der Waals surface area contributed by atoms with Gasteiger partial charge in [0.05, 0.1) is 84.1 Å². The molecule has 18 rings (SSSR count). The second-order valence-electron chi connectivity index (χ2n) is 23.6. The average molecular weight is 1360 g/mol. The number of hydrogen-bond acceptors (Lipinski definition) is 21. The van der Waals surface area contributed by atoms with E-state index in [1.54, 1.807) is 70.8 Å². The summed E-state index contributed by atoms with van der Waals surface area (Å²) in [5.74, 6) is -3.58. The fourth-order valence-electron chi connectivity index (χ4n) is 13.9. The molecule has 12 aromatic rings. The molecule has 6 aliphatic heterocycles. The first-order valence-electron chi connectivity index (χ1n) is 29.7. The molecule has 0 radical (unpaired) electrons. The molecule has 0 amide bonds. The minimum absolute atomic E-state index is 0.0301. The topological polar surface area (TPSA) is 160 Å². The molecule has 4 fully saturated rings. The lowest BCUT2D eigenvalue weighted by molar-refractivity contribution is 0.111. The number of likely N-dealkylation sites (tertiary alicyclic amines) is 1. The molecule has 4 atom stereocenters. The molecule has 4 N–H and O–H groups in total. The predicted octanol–water partition coefficient (Wildman–Crippen LogP) is 16.0. The molecular formula is C65H54F6N12O3S6. The first-order chi connectivity index (χ1) is 44.8. The first-order valence-corrected chi connectivity index (χ1v) is 34.8. The molecule has 3 spiro atoms. The lowest BCUT2D eigenvalue weighted by Gasteiger charge is -2.35. The molecule has 27 heteroatoms. The summed E-state index contributed by atoms with van der Waals surface area (Å²) in [6, 6.07) is 15.4. The lowest BCUT2D eigenvalue weighted by atomic mass is 9.83. The third kappa shape index (κ3) is 10.1. The van der Waals surface area contributed by atoms with Gasteiger partial charge in [-0.05, 0) is 112 Å². The Balaban J connectivity index is 0.000000110. The van der Waals surface area contributed by atoms with Crippen molar-refractivity contribution in [3.05, 3.63) is 151 Å². The summed E-state index contributed by atoms with van der Waals surface area (Å²) >= 11 is 8.48. The van der Waals surface area contributed by atoms with Gasteiger partial charge in [-0.2, -0.15) is 0 Å². The number of pyridine rings is 3. The summed E-state index contributed by atoms with van der Waals surface area (Å²) in [4.78, 5) is 36.3. The van der Waals surface area contributed by atoms with E-state index < -0.39 is 34.9 Å². The number of halogens is 6. The first kappa shape index (κ1) is 59.9. The van der Waals surface area contributed by atoms with Crippen LogP contribution in [0.3, 0.4) is 0 Å². The Kier molecular flexibility index (Phi) is 15.4. The summed E-state index contributed by atoms with van der Waals surface area (Å²) < 4.78 is 107. The van der Waals surface area contributed by atoms with E-state index in [2.05, 4.69) is 99.4 Å². The van der Waals surface area contributed by atoms with Gasteiger partial charge in [0.25, 0.3) is 0 Å². The van der Waals surface area contributed by atoms with Crippen molar-refractivity contribution in [3.63, 3.8) is 0 Å². The van der Waals surface area contributed by atoms with Gasteiger partial charge in [0, 0.05) is 88.2 Å². The van der Waals surface area contributed by atoms with Crippen LogP contribution in [-0.4, -0.2) is 130 Å². The molecule has 15 nitrogen and oxygen atoms in total. The highest BCUT2D eigenvalue weighted by Gasteiger charge is 2.51. The molecule has 0 saturated carbocycles. The Labute approximate surface area is 545 Å². The van der Waals surface area contributed by atoms with Crippen molar-refractivity contribution >= 4 is 175 Å². The van der Waals surface area contributed by atoms with Crippen LogP contribution in [0.1, 0.15) is 46.2 Å². The standard InChI is InChI=1S/C22H20F2N4OS2.C22H18F2N4OS2.C21H16F2N4OS2/c2*1-28-6-3-13(22(28)4-7-29-10-22)16-8-12-15(2-5-25-21(12)31-16)27-19-14(23)9-17-20(18(19)24)26-11-30-17;22-13-8-16-19(25-10-29-16)17(23)18(13)27-14-2-4-24-20-11(14)7-15(30-20)12-1-5-26-21(12)3-6-28-9-21/h2,5,8-9,11,13H,3-4,6-7,10H2,1H3,(H,25,27);2-3,5,8-9,11H,4,6-7,10H2,1H3,(H,25,27);1-2,4,7-8,10,26H,3,5-6,9H2,(H,24,27). The van der Waals surface area contributed by atoms with Crippen LogP contribution < -0.4 is 21.3 Å². The Morgan fingerprint density at radius 3 is 1.52 bits per heavy atom. The number of rotatable bonds is 9. The average Bonchev–Trinajstić information content (AvgIpc) is 1.60. The van der Waals surface area contributed by atoms with Crippen LogP contribution in [0.4, 0.5) is 60.5 Å². The van der Waals surface area contributed by atoms with Gasteiger partial charge in [0.1, 0.15) is 48.1 Å². The van der Waals surface area contributed by atoms with Gasteiger partial charge in [-0.1, -0.05) is 12.2 Å². The molecule has 3 aromatic carbocycles. The Bertz CT molecular complexity index is 4950. The van der Waals surface area contributed by atoms with Gasteiger partial charge >= 0.3 is 0 Å². The van der Waals surface area contributed by atoms with E-state index in [4.69, 9.17) is 14.2 Å². The van der Waals surface area contributed by atoms with Crippen LogP contribution in [0.5, 0.6) is 0 Å². The second kappa shape index (κ2) is 23.7. The molecule has 6 aliphatic rings. The number of aromatic nitrogens is 6. The maximum atomic E-state index is 15.0. The van der Waals surface area contributed by atoms with Gasteiger partial charge in [-0.25, -0.2) is 56.2 Å². The Morgan fingerprint density at radius 1 is 0.533 bits per heavy atom. The number of hydrogen-bond donors (Lipinski definition) is 4. The lowest BCUT2D eigenvalue weighted by Crippen LogP contribution is -2.45. The van der Waals surface area contributed by atoms with Gasteiger partial charge in [-0.3, -0.25) is 9.80 Å². The Hall–Kier alpha value is -7.12. The van der Waals surface area contributed by atoms with E-state index in [1.165, 1.54) is 84.8 Å².